The van der Waals surface area contributed by atoms with Crippen LogP contribution in [0.15, 0.2) is 48.5 Å². The summed E-state index contributed by atoms with van der Waals surface area (Å²) in [6.07, 6.45) is 2.17. The van der Waals surface area contributed by atoms with E-state index in [-0.39, 0.29) is 48.5 Å². The molecule has 5 amide bonds. The van der Waals surface area contributed by atoms with Crippen LogP contribution in [0, 0.1) is 11.7 Å². The highest BCUT2D eigenvalue weighted by Gasteiger charge is 2.34. The Labute approximate surface area is 197 Å². The quantitative estimate of drug-likeness (QED) is 0.612. The summed E-state index contributed by atoms with van der Waals surface area (Å²) in [6.45, 7) is 1.89. The standard InChI is InChI=1S/C25H27FN4O4/c26-18-7-9-19(10-8-18)28-25(34)29-14-11-17(12-15-29)16-27-22(31)6-3-13-30-23(32)20-4-1-2-5-21(20)24(30)33/h1-2,4-5,7-10,17H,3,6,11-16H2,(H,27,31)(H,28,34). The number of urea groups is 1. The fourth-order valence-corrected chi connectivity index (χ4v) is 4.26. The number of likely N-dealkylation sites (tertiary alicyclic amines) is 1. The molecule has 2 aliphatic heterocycles. The molecule has 9 heteroatoms. The summed E-state index contributed by atoms with van der Waals surface area (Å²) >= 11 is 0. The van der Waals surface area contributed by atoms with Crippen molar-refractivity contribution in [2.24, 2.45) is 5.92 Å². The van der Waals surface area contributed by atoms with Crippen LogP contribution in [0.2, 0.25) is 0 Å². The maximum atomic E-state index is 13.0. The zero-order chi connectivity index (χ0) is 24.1. The van der Waals surface area contributed by atoms with Gasteiger partial charge in [0.15, 0.2) is 0 Å². The van der Waals surface area contributed by atoms with E-state index in [1.807, 2.05) is 0 Å². The molecule has 178 valence electrons. The van der Waals surface area contributed by atoms with Gasteiger partial charge in [-0.2, -0.15) is 0 Å². The monoisotopic (exact) mass is 466 g/mol. The van der Waals surface area contributed by atoms with Crippen molar-refractivity contribution >= 4 is 29.4 Å². The SMILES string of the molecule is O=C(CCCN1C(=O)c2ccccc2C1=O)NCC1CCN(C(=O)Nc2ccc(F)cc2)CC1. The number of nitrogens with one attached hydrogen (secondary N) is 2. The lowest BCUT2D eigenvalue weighted by Gasteiger charge is -2.32. The zero-order valence-electron chi connectivity index (χ0n) is 18.8. The lowest BCUT2D eigenvalue weighted by molar-refractivity contribution is -0.121. The van der Waals surface area contributed by atoms with Gasteiger partial charge in [0, 0.05) is 38.3 Å². The molecule has 0 atom stereocenters. The maximum absolute atomic E-state index is 13.0. The van der Waals surface area contributed by atoms with Crippen LogP contribution in [-0.2, 0) is 4.79 Å². The van der Waals surface area contributed by atoms with Crippen LogP contribution in [0.1, 0.15) is 46.4 Å². The van der Waals surface area contributed by atoms with E-state index >= 15 is 0 Å². The minimum atomic E-state index is -0.357. The van der Waals surface area contributed by atoms with Crippen molar-refractivity contribution in [3.63, 3.8) is 0 Å². The Kier molecular flexibility index (Phi) is 7.20. The van der Waals surface area contributed by atoms with Gasteiger partial charge in [-0.05, 0) is 61.6 Å². The Balaban J connectivity index is 1.13. The Bertz CT molecular complexity index is 1050. The van der Waals surface area contributed by atoms with Crippen molar-refractivity contribution < 1.29 is 23.6 Å². The highest BCUT2D eigenvalue weighted by Crippen LogP contribution is 2.23. The Morgan fingerprint density at radius 3 is 2.18 bits per heavy atom. The fraction of sp³-hybridized carbons (Fsp3) is 0.360. The highest BCUT2D eigenvalue weighted by molar-refractivity contribution is 6.21. The van der Waals surface area contributed by atoms with Crippen LogP contribution in [0.5, 0.6) is 0 Å². The minimum Gasteiger partial charge on any atom is -0.356 e. The van der Waals surface area contributed by atoms with Crippen LogP contribution < -0.4 is 10.6 Å². The van der Waals surface area contributed by atoms with Gasteiger partial charge < -0.3 is 15.5 Å². The molecule has 0 saturated carbocycles. The number of rotatable bonds is 7. The first-order valence-corrected chi connectivity index (χ1v) is 11.5. The Morgan fingerprint density at radius 1 is 0.941 bits per heavy atom. The average molecular weight is 467 g/mol. The molecule has 0 spiro atoms. The lowest BCUT2D eigenvalue weighted by Crippen LogP contribution is -2.43. The van der Waals surface area contributed by atoms with Gasteiger partial charge in [-0.1, -0.05) is 12.1 Å². The summed E-state index contributed by atoms with van der Waals surface area (Å²) in [6, 6.07) is 12.1. The van der Waals surface area contributed by atoms with Crippen molar-refractivity contribution in [1.82, 2.24) is 15.1 Å². The van der Waals surface area contributed by atoms with E-state index in [0.717, 1.165) is 12.8 Å². The topological polar surface area (TPSA) is 98.8 Å². The zero-order valence-corrected chi connectivity index (χ0v) is 18.8. The van der Waals surface area contributed by atoms with Gasteiger partial charge in [0.2, 0.25) is 5.91 Å². The van der Waals surface area contributed by atoms with Crippen molar-refractivity contribution in [3.05, 3.63) is 65.5 Å². The van der Waals surface area contributed by atoms with Crippen molar-refractivity contribution in [3.8, 4) is 0 Å². The number of fused-ring (bicyclic) bond motifs is 1. The van der Waals surface area contributed by atoms with Crippen LogP contribution in [0.25, 0.3) is 0 Å². The molecule has 4 rings (SSSR count). The van der Waals surface area contributed by atoms with Gasteiger partial charge in [0.25, 0.3) is 11.8 Å². The molecular formula is C25H27FN4O4. The smallest absolute Gasteiger partial charge is 0.321 e. The first kappa shape index (κ1) is 23.4. The number of carbonyl (C=O) groups is 4. The largest absolute Gasteiger partial charge is 0.356 e. The predicted octanol–water partition coefficient (Wildman–Crippen LogP) is 3.26. The molecule has 0 unspecified atom stereocenters. The van der Waals surface area contributed by atoms with Crippen LogP contribution in [0.3, 0.4) is 0 Å². The first-order chi connectivity index (χ1) is 16.4. The molecular weight excluding hydrogens is 439 g/mol. The number of benzene rings is 2. The van der Waals surface area contributed by atoms with Gasteiger partial charge in [-0.15, -0.1) is 0 Å². The van der Waals surface area contributed by atoms with E-state index in [0.29, 0.717) is 42.9 Å². The lowest BCUT2D eigenvalue weighted by atomic mass is 9.97. The number of nitrogens with zero attached hydrogens (tertiary/aromatic N) is 2. The number of halogens is 1. The van der Waals surface area contributed by atoms with Gasteiger partial charge in [-0.3, -0.25) is 19.3 Å². The van der Waals surface area contributed by atoms with E-state index < -0.39 is 0 Å². The van der Waals surface area contributed by atoms with Crippen LogP contribution >= 0.6 is 0 Å². The molecule has 0 radical (unpaired) electrons. The van der Waals surface area contributed by atoms with E-state index in [9.17, 15) is 23.6 Å². The Hall–Kier alpha value is -3.75. The molecule has 2 aliphatic rings. The summed E-state index contributed by atoms with van der Waals surface area (Å²) in [5.41, 5.74) is 1.37. The summed E-state index contributed by atoms with van der Waals surface area (Å²) in [5, 5.41) is 5.69. The second-order valence-electron chi connectivity index (χ2n) is 8.58. The molecule has 2 aromatic rings. The van der Waals surface area contributed by atoms with Gasteiger partial charge in [0.1, 0.15) is 5.82 Å². The van der Waals surface area contributed by atoms with Gasteiger partial charge in [-0.25, -0.2) is 9.18 Å². The molecule has 2 heterocycles. The third-order valence-electron chi connectivity index (χ3n) is 6.25. The molecule has 1 fully saturated rings. The van der Waals surface area contributed by atoms with E-state index in [4.69, 9.17) is 0 Å². The minimum absolute atomic E-state index is 0.118. The van der Waals surface area contributed by atoms with E-state index in [1.165, 1.54) is 29.2 Å². The van der Waals surface area contributed by atoms with Crippen molar-refractivity contribution in [2.45, 2.75) is 25.7 Å². The Morgan fingerprint density at radius 2 is 1.56 bits per heavy atom. The average Bonchev–Trinajstić information content (AvgIpc) is 3.09. The number of carbonyl (C=O) groups excluding carboxylic acids is 4. The van der Waals surface area contributed by atoms with Gasteiger partial charge >= 0.3 is 6.03 Å². The first-order valence-electron chi connectivity index (χ1n) is 11.5. The predicted molar refractivity (Wildman–Crippen MR) is 124 cm³/mol. The van der Waals surface area contributed by atoms with Gasteiger partial charge in [0.05, 0.1) is 11.1 Å². The second-order valence-corrected chi connectivity index (χ2v) is 8.58. The van der Waals surface area contributed by atoms with Crippen LogP contribution in [-0.4, -0.2) is 59.7 Å². The highest BCUT2D eigenvalue weighted by atomic mass is 19.1. The second kappa shape index (κ2) is 10.5. The number of piperidine rings is 1. The number of hydrogen-bond donors (Lipinski definition) is 2. The molecule has 1 saturated heterocycles. The summed E-state index contributed by atoms with van der Waals surface area (Å²) in [7, 11) is 0. The van der Waals surface area contributed by atoms with E-state index in [2.05, 4.69) is 10.6 Å². The molecule has 8 nitrogen and oxygen atoms in total. The van der Waals surface area contributed by atoms with Crippen molar-refractivity contribution in [1.29, 1.82) is 0 Å². The normalized spacial score (nSPS) is 15.9. The molecule has 34 heavy (non-hydrogen) atoms. The summed E-state index contributed by atoms with van der Waals surface area (Å²) in [4.78, 5) is 52.2. The molecule has 0 bridgehead atoms. The van der Waals surface area contributed by atoms with Crippen molar-refractivity contribution in [2.75, 3.05) is 31.5 Å². The fourth-order valence-electron chi connectivity index (χ4n) is 4.26. The molecule has 0 aliphatic carbocycles. The number of hydrogen-bond acceptors (Lipinski definition) is 4. The molecule has 0 aromatic heterocycles. The maximum Gasteiger partial charge on any atom is 0.321 e. The van der Waals surface area contributed by atoms with Crippen LogP contribution in [0.4, 0.5) is 14.9 Å². The molecule has 2 aromatic carbocycles. The third-order valence-corrected chi connectivity index (χ3v) is 6.25. The number of amides is 5. The third kappa shape index (κ3) is 5.41. The summed E-state index contributed by atoms with van der Waals surface area (Å²) < 4.78 is 13.0. The summed E-state index contributed by atoms with van der Waals surface area (Å²) in [5.74, 6) is -0.819. The van der Waals surface area contributed by atoms with E-state index in [1.54, 1.807) is 29.2 Å². The number of imide groups is 1. The number of anilines is 1. The molecule has 2 N–H and O–H groups in total.